The summed E-state index contributed by atoms with van der Waals surface area (Å²) in [5.41, 5.74) is 1.27. The second-order valence-electron chi connectivity index (χ2n) is 6.72. The highest BCUT2D eigenvalue weighted by molar-refractivity contribution is 5.95. The van der Waals surface area contributed by atoms with Crippen LogP contribution in [0.4, 0.5) is 15.8 Å². The number of hydrogen-bond donors (Lipinski definition) is 2. The number of halogens is 1. The summed E-state index contributed by atoms with van der Waals surface area (Å²) in [5.74, 6) is 0.155. The second kappa shape index (κ2) is 9.32. The van der Waals surface area contributed by atoms with Crippen LogP contribution in [0.3, 0.4) is 0 Å². The second-order valence-corrected chi connectivity index (χ2v) is 6.72. The molecule has 2 aromatic rings. The van der Waals surface area contributed by atoms with Crippen molar-refractivity contribution >= 4 is 23.2 Å². The minimum absolute atomic E-state index is 0.0680. The van der Waals surface area contributed by atoms with Crippen LogP contribution in [-0.4, -0.2) is 43.0 Å². The van der Waals surface area contributed by atoms with Gasteiger partial charge in [-0.3, -0.25) is 14.5 Å². The van der Waals surface area contributed by atoms with Crippen LogP contribution in [0.5, 0.6) is 5.75 Å². The van der Waals surface area contributed by atoms with Crippen LogP contribution >= 0.6 is 0 Å². The Hall–Kier alpha value is -2.93. The number of likely N-dealkylation sites (tertiary alicyclic amines) is 1. The Kier molecular flexibility index (Phi) is 6.60. The van der Waals surface area contributed by atoms with Gasteiger partial charge in [0.25, 0.3) is 0 Å². The van der Waals surface area contributed by atoms with Gasteiger partial charge in [0.05, 0.1) is 13.2 Å². The predicted molar refractivity (Wildman–Crippen MR) is 106 cm³/mol. The third kappa shape index (κ3) is 5.29. The number of ether oxygens (including phenoxy) is 1. The summed E-state index contributed by atoms with van der Waals surface area (Å²) >= 11 is 0. The maximum absolute atomic E-state index is 12.9. The van der Waals surface area contributed by atoms with Crippen molar-refractivity contribution in [2.75, 3.05) is 30.8 Å². The molecule has 28 heavy (non-hydrogen) atoms. The lowest BCUT2D eigenvalue weighted by Crippen LogP contribution is -2.40. The molecule has 1 saturated heterocycles. The van der Waals surface area contributed by atoms with Crippen LogP contribution in [0.25, 0.3) is 0 Å². The van der Waals surface area contributed by atoms with Gasteiger partial charge in [-0.2, -0.15) is 0 Å². The molecule has 0 aromatic heterocycles. The quantitative estimate of drug-likeness (QED) is 0.768. The van der Waals surface area contributed by atoms with Gasteiger partial charge < -0.3 is 15.4 Å². The normalized spacial score (nSPS) is 16.6. The fourth-order valence-corrected chi connectivity index (χ4v) is 3.29. The molecule has 6 nitrogen and oxygen atoms in total. The first-order valence-corrected chi connectivity index (χ1v) is 9.29. The molecule has 1 atom stereocenters. The summed E-state index contributed by atoms with van der Waals surface area (Å²) in [6, 6.07) is 12.6. The number of carbonyl (C=O) groups excluding carboxylic acids is 2. The van der Waals surface area contributed by atoms with Gasteiger partial charge in [0.15, 0.2) is 0 Å². The fourth-order valence-electron chi connectivity index (χ4n) is 3.29. The zero-order chi connectivity index (χ0) is 19.9. The molecule has 1 unspecified atom stereocenters. The van der Waals surface area contributed by atoms with Crippen molar-refractivity contribution in [1.29, 1.82) is 0 Å². The lowest BCUT2D eigenvalue weighted by molar-refractivity contribution is -0.121. The number of methoxy groups -OCH3 is 1. The summed E-state index contributed by atoms with van der Waals surface area (Å²) in [6.45, 7) is 1.28. The first kappa shape index (κ1) is 19.8. The van der Waals surface area contributed by atoms with Crippen LogP contribution in [0.2, 0.25) is 0 Å². The first-order chi connectivity index (χ1) is 13.5. The highest BCUT2D eigenvalue weighted by Crippen LogP contribution is 2.21. The Labute approximate surface area is 163 Å². The van der Waals surface area contributed by atoms with Crippen molar-refractivity contribution in [1.82, 2.24) is 4.90 Å². The predicted octanol–water partition coefficient (Wildman–Crippen LogP) is 3.27. The molecule has 0 spiro atoms. The van der Waals surface area contributed by atoms with E-state index in [1.807, 2.05) is 4.90 Å². The third-order valence-electron chi connectivity index (χ3n) is 4.78. The van der Waals surface area contributed by atoms with Gasteiger partial charge in [0.2, 0.25) is 11.8 Å². The molecule has 148 valence electrons. The zero-order valence-electron chi connectivity index (χ0n) is 15.8. The number of nitrogens with one attached hydrogen (secondary N) is 2. The highest BCUT2D eigenvalue weighted by Gasteiger charge is 2.30. The zero-order valence-corrected chi connectivity index (χ0v) is 15.8. The molecule has 1 heterocycles. The van der Waals surface area contributed by atoms with Crippen LogP contribution in [0.15, 0.2) is 48.5 Å². The van der Waals surface area contributed by atoms with Crippen LogP contribution in [0.1, 0.15) is 19.3 Å². The molecular formula is C21H24FN3O3. The van der Waals surface area contributed by atoms with Crippen molar-refractivity contribution < 1.29 is 18.7 Å². The Morgan fingerprint density at radius 2 is 1.71 bits per heavy atom. The van der Waals surface area contributed by atoms with E-state index in [1.165, 1.54) is 24.3 Å². The largest absolute Gasteiger partial charge is 0.497 e. The standard InChI is InChI=1S/C21H24FN3O3/c1-28-18-10-8-17(9-11-18)24-21(27)19-3-2-13-25(19)14-12-20(26)23-16-6-4-15(22)5-7-16/h4-11,19H,2-3,12-14H2,1H3,(H,23,26)(H,24,27). The molecule has 2 aromatic carbocycles. The van der Waals surface area contributed by atoms with Gasteiger partial charge in [0.1, 0.15) is 11.6 Å². The highest BCUT2D eigenvalue weighted by atomic mass is 19.1. The molecule has 2 N–H and O–H groups in total. The molecule has 1 aliphatic heterocycles. The number of carbonyl (C=O) groups is 2. The van der Waals surface area contributed by atoms with Crippen molar-refractivity contribution in [3.05, 3.63) is 54.3 Å². The van der Waals surface area contributed by atoms with Crippen LogP contribution < -0.4 is 15.4 Å². The maximum Gasteiger partial charge on any atom is 0.241 e. The topological polar surface area (TPSA) is 70.7 Å². The van der Waals surface area contributed by atoms with E-state index < -0.39 is 0 Å². The Morgan fingerprint density at radius 3 is 2.39 bits per heavy atom. The number of hydrogen-bond acceptors (Lipinski definition) is 4. The van der Waals surface area contributed by atoms with Crippen LogP contribution in [0, 0.1) is 5.82 Å². The van der Waals surface area contributed by atoms with Gasteiger partial charge in [0, 0.05) is 24.3 Å². The van der Waals surface area contributed by atoms with E-state index in [-0.39, 0.29) is 30.1 Å². The van der Waals surface area contributed by atoms with E-state index in [0.717, 1.165) is 25.1 Å². The van der Waals surface area contributed by atoms with Gasteiger partial charge in [-0.1, -0.05) is 0 Å². The smallest absolute Gasteiger partial charge is 0.241 e. The van der Waals surface area contributed by atoms with Crippen LogP contribution in [-0.2, 0) is 9.59 Å². The molecule has 0 bridgehead atoms. The van der Waals surface area contributed by atoms with E-state index in [0.29, 0.717) is 17.9 Å². The van der Waals surface area contributed by atoms with E-state index in [9.17, 15) is 14.0 Å². The average Bonchev–Trinajstić information content (AvgIpc) is 3.17. The molecule has 2 amide bonds. The Balaban J connectivity index is 1.49. The number of nitrogens with zero attached hydrogens (tertiary/aromatic N) is 1. The summed E-state index contributed by atoms with van der Waals surface area (Å²) in [6.07, 6.45) is 1.95. The Morgan fingerprint density at radius 1 is 1.07 bits per heavy atom. The molecule has 7 heteroatoms. The monoisotopic (exact) mass is 385 g/mol. The molecule has 1 aliphatic rings. The third-order valence-corrected chi connectivity index (χ3v) is 4.78. The molecule has 0 aliphatic carbocycles. The molecular weight excluding hydrogens is 361 g/mol. The lowest BCUT2D eigenvalue weighted by atomic mass is 10.2. The van der Waals surface area contributed by atoms with E-state index in [4.69, 9.17) is 4.74 Å². The number of anilines is 2. The maximum atomic E-state index is 12.9. The molecule has 3 rings (SSSR count). The summed E-state index contributed by atoms with van der Waals surface area (Å²) < 4.78 is 18.0. The van der Waals surface area contributed by atoms with Gasteiger partial charge in [-0.25, -0.2) is 4.39 Å². The van der Waals surface area contributed by atoms with Crippen molar-refractivity contribution in [2.24, 2.45) is 0 Å². The van der Waals surface area contributed by atoms with Crippen molar-refractivity contribution in [3.8, 4) is 5.75 Å². The van der Waals surface area contributed by atoms with E-state index in [1.54, 1.807) is 31.4 Å². The van der Waals surface area contributed by atoms with Crippen molar-refractivity contribution in [2.45, 2.75) is 25.3 Å². The minimum Gasteiger partial charge on any atom is -0.497 e. The average molecular weight is 385 g/mol. The van der Waals surface area contributed by atoms with Crippen molar-refractivity contribution in [3.63, 3.8) is 0 Å². The SMILES string of the molecule is COc1ccc(NC(=O)C2CCCN2CCC(=O)Nc2ccc(F)cc2)cc1. The minimum atomic E-state index is -0.347. The summed E-state index contributed by atoms with van der Waals surface area (Å²) in [7, 11) is 1.59. The molecule has 0 saturated carbocycles. The first-order valence-electron chi connectivity index (χ1n) is 9.29. The van der Waals surface area contributed by atoms with Gasteiger partial charge in [-0.15, -0.1) is 0 Å². The van der Waals surface area contributed by atoms with E-state index >= 15 is 0 Å². The molecule has 1 fully saturated rings. The summed E-state index contributed by atoms with van der Waals surface area (Å²) in [5, 5.41) is 5.67. The Bertz CT molecular complexity index is 809. The summed E-state index contributed by atoms with van der Waals surface area (Å²) in [4.78, 5) is 26.8. The number of amides is 2. The fraction of sp³-hybridized carbons (Fsp3) is 0.333. The lowest BCUT2D eigenvalue weighted by Gasteiger charge is -2.23. The van der Waals surface area contributed by atoms with E-state index in [2.05, 4.69) is 10.6 Å². The molecule has 0 radical (unpaired) electrons. The number of rotatable bonds is 7. The van der Waals surface area contributed by atoms with Gasteiger partial charge in [-0.05, 0) is 67.9 Å². The number of benzene rings is 2. The van der Waals surface area contributed by atoms with Gasteiger partial charge >= 0.3 is 0 Å².